The number of hydrogen-bond donors (Lipinski definition) is 2. The zero-order valence-electron chi connectivity index (χ0n) is 14.9. The van der Waals surface area contributed by atoms with Gasteiger partial charge in [0, 0.05) is 11.6 Å². The van der Waals surface area contributed by atoms with Gasteiger partial charge in [0.05, 0.1) is 0 Å². The van der Waals surface area contributed by atoms with Gasteiger partial charge in [0.15, 0.2) is 6.61 Å². The summed E-state index contributed by atoms with van der Waals surface area (Å²) in [6.45, 7) is 3.30. The number of carbonyl (C=O) groups excluding carboxylic acids is 3. The van der Waals surface area contributed by atoms with Crippen molar-refractivity contribution in [1.29, 1.82) is 0 Å². The van der Waals surface area contributed by atoms with Crippen LogP contribution in [0.3, 0.4) is 0 Å². The highest BCUT2D eigenvalue weighted by Crippen LogP contribution is 2.23. The summed E-state index contributed by atoms with van der Waals surface area (Å²) in [7, 11) is 0. The van der Waals surface area contributed by atoms with Crippen molar-refractivity contribution in [3.8, 4) is 0 Å². The second-order valence-corrected chi connectivity index (χ2v) is 6.51. The Bertz CT molecular complexity index is 636. The molecule has 1 aromatic rings. The second-order valence-electron chi connectivity index (χ2n) is 6.51. The zero-order valence-corrected chi connectivity index (χ0v) is 14.9. The highest BCUT2D eigenvalue weighted by atomic mass is 16.5. The molecule has 1 fully saturated rings. The van der Waals surface area contributed by atoms with Crippen LogP contribution in [0, 0.1) is 19.8 Å². The van der Waals surface area contributed by atoms with Crippen LogP contribution < -0.4 is 10.6 Å². The molecule has 2 rings (SSSR count). The van der Waals surface area contributed by atoms with Crippen molar-refractivity contribution in [2.24, 2.45) is 5.92 Å². The van der Waals surface area contributed by atoms with E-state index in [1.165, 1.54) is 6.42 Å². The SMILES string of the molecule is Cc1cccc(NC(=O)COC(=O)CNC(=O)C2CCCCC2)c1C. The molecule has 0 heterocycles. The lowest BCUT2D eigenvalue weighted by atomic mass is 9.89. The predicted molar refractivity (Wildman–Crippen MR) is 95.1 cm³/mol. The minimum absolute atomic E-state index is 0.00542. The molecule has 0 spiro atoms. The number of anilines is 1. The minimum atomic E-state index is -0.611. The largest absolute Gasteiger partial charge is 0.454 e. The highest BCUT2D eigenvalue weighted by molar-refractivity contribution is 5.94. The summed E-state index contributed by atoms with van der Waals surface area (Å²) in [5.74, 6) is -1.12. The van der Waals surface area contributed by atoms with Gasteiger partial charge in [-0.25, -0.2) is 0 Å². The van der Waals surface area contributed by atoms with Crippen LogP contribution in [0.25, 0.3) is 0 Å². The molecule has 0 aromatic heterocycles. The van der Waals surface area contributed by atoms with Gasteiger partial charge in [0.1, 0.15) is 6.54 Å². The van der Waals surface area contributed by atoms with Crippen molar-refractivity contribution >= 4 is 23.5 Å². The Morgan fingerprint density at radius 1 is 1.12 bits per heavy atom. The third-order valence-corrected chi connectivity index (χ3v) is 4.63. The predicted octanol–water partition coefficient (Wildman–Crippen LogP) is 2.48. The summed E-state index contributed by atoms with van der Waals surface area (Å²) in [6.07, 6.45) is 5.03. The van der Waals surface area contributed by atoms with E-state index < -0.39 is 11.9 Å². The van der Waals surface area contributed by atoms with E-state index in [0.29, 0.717) is 5.69 Å². The van der Waals surface area contributed by atoms with Crippen LogP contribution >= 0.6 is 0 Å². The van der Waals surface area contributed by atoms with Crippen LogP contribution in [0.1, 0.15) is 43.2 Å². The third-order valence-electron chi connectivity index (χ3n) is 4.63. The summed E-state index contributed by atoms with van der Waals surface area (Å²) >= 11 is 0. The molecule has 1 aromatic carbocycles. The molecule has 0 unspecified atom stereocenters. The highest BCUT2D eigenvalue weighted by Gasteiger charge is 2.21. The van der Waals surface area contributed by atoms with Gasteiger partial charge < -0.3 is 15.4 Å². The molecule has 1 aliphatic carbocycles. The molecule has 6 nitrogen and oxygen atoms in total. The second kappa shape index (κ2) is 9.20. The van der Waals surface area contributed by atoms with Gasteiger partial charge in [-0.3, -0.25) is 14.4 Å². The van der Waals surface area contributed by atoms with E-state index in [1.807, 2.05) is 26.0 Å². The van der Waals surface area contributed by atoms with Gasteiger partial charge >= 0.3 is 5.97 Å². The lowest BCUT2D eigenvalue weighted by Crippen LogP contribution is -2.36. The molecule has 0 atom stereocenters. The maximum atomic E-state index is 12.0. The van der Waals surface area contributed by atoms with Gasteiger partial charge in [0.25, 0.3) is 5.91 Å². The Kier molecular flexibility index (Phi) is 6.98. The Morgan fingerprint density at radius 3 is 2.56 bits per heavy atom. The third kappa shape index (κ3) is 5.89. The first kappa shape index (κ1) is 19.0. The van der Waals surface area contributed by atoms with E-state index in [1.54, 1.807) is 6.07 Å². The van der Waals surface area contributed by atoms with Crippen LogP contribution in [0.5, 0.6) is 0 Å². The molecular formula is C19H26N2O4. The van der Waals surface area contributed by atoms with Crippen molar-refractivity contribution in [3.05, 3.63) is 29.3 Å². The molecule has 6 heteroatoms. The maximum Gasteiger partial charge on any atom is 0.325 e. The number of aryl methyl sites for hydroxylation is 1. The normalized spacial score (nSPS) is 14.6. The maximum absolute atomic E-state index is 12.0. The molecule has 2 amide bonds. The average Bonchev–Trinajstić information content (AvgIpc) is 2.62. The topological polar surface area (TPSA) is 84.5 Å². The first-order valence-corrected chi connectivity index (χ1v) is 8.77. The van der Waals surface area contributed by atoms with Crippen LogP contribution in [0.2, 0.25) is 0 Å². The van der Waals surface area contributed by atoms with E-state index in [-0.39, 0.29) is 25.0 Å². The monoisotopic (exact) mass is 346 g/mol. The van der Waals surface area contributed by atoms with Crippen molar-refractivity contribution < 1.29 is 19.1 Å². The number of esters is 1. The Hall–Kier alpha value is -2.37. The standard InChI is InChI=1S/C19H26N2O4/c1-13-7-6-10-16(14(13)2)21-17(22)12-25-18(23)11-20-19(24)15-8-4-3-5-9-15/h6-7,10,15H,3-5,8-9,11-12H2,1-2H3,(H,20,24)(H,21,22). The molecule has 0 saturated heterocycles. The fourth-order valence-electron chi connectivity index (χ4n) is 2.94. The Morgan fingerprint density at radius 2 is 1.84 bits per heavy atom. The summed E-state index contributed by atoms with van der Waals surface area (Å²) in [5, 5.41) is 5.32. The van der Waals surface area contributed by atoms with E-state index in [4.69, 9.17) is 4.74 Å². The lowest BCUT2D eigenvalue weighted by molar-refractivity contribution is -0.147. The smallest absolute Gasteiger partial charge is 0.325 e. The Labute approximate surface area is 148 Å². The van der Waals surface area contributed by atoms with Gasteiger partial charge in [-0.15, -0.1) is 0 Å². The molecule has 2 N–H and O–H groups in total. The van der Waals surface area contributed by atoms with Crippen LogP contribution in [-0.4, -0.2) is 30.9 Å². The molecule has 0 aliphatic heterocycles. The van der Waals surface area contributed by atoms with E-state index in [9.17, 15) is 14.4 Å². The number of carbonyl (C=O) groups is 3. The number of amides is 2. The zero-order chi connectivity index (χ0) is 18.2. The van der Waals surface area contributed by atoms with Crippen LogP contribution in [0.15, 0.2) is 18.2 Å². The molecule has 1 saturated carbocycles. The number of nitrogens with one attached hydrogen (secondary N) is 2. The summed E-state index contributed by atoms with van der Waals surface area (Å²) in [4.78, 5) is 35.5. The molecular weight excluding hydrogens is 320 g/mol. The minimum Gasteiger partial charge on any atom is -0.454 e. The fraction of sp³-hybridized carbons (Fsp3) is 0.526. The fourth-order valence-corrected chi connectivity index (χ4v) is 2.94. The molecule has 25 heavy (non-hydrogen) atoms. The van der Waals surface area contributed by atoms with Crippen LogP contribution in [0.4, 0.5) is 5.69 Å². The summed E-state index contributed by atoms with van der Waals surface area (Å²) in [6, 6.07) is 5.61. The first-order valence-electron chi connectivity index (χ1n) is 8.77. The molecule has 0 radical (unpaired) electrons. The molecule has 0 bridgehead atoms. The summed E-state index contributed by atoms with van der Waals surface area (Å²) < 4.78 is 4.92. The quantitative estimate of drug-likeness (QED) is 0.775. The number of ether oxygens (including phenoxy) is 1. The van der Waals surface area contributed by atoms with Gasteiger partial charge in [-0.2, -0.15) is 0 Å². The van der Waals surface area contributed by atoms with Crippen molar-refractivity contribution in [2.75, 3.05) is 18.5 Å². The van der Waals surface area contributed by atoms with Crippen molar-refractivity contribution in [1.82, 2.24) is 5.32 Å². The molecule has 136 valence electrons. The van der Waals surface area contributed by atoms with Gasteiger partial charge in [0.2, 0.25) is 5.91 Å². The lowest BCUT2D eigenvalue weighted by Gasteiger charge is -2.20. The molecule has 1 aliphatic rings. The number of hydrogen-bond acceptors (Lipinski definition) is 4. The first-order chi connectivity index (χ1) is 12.0. The van der Waals surface area contributed by atoms with E-state index in [2.05, 4.69) is 10.6 Å². The van der Waals surface area contributed by atoms with Crippen LogP contribution in [-0.2, 0) is 19.1 Å². The number of rotatable bonds is 6. The van der Waals surface area contributed by atoms with Crippen molar-refractivity contribution in [2.45, 2.75) is 46.0 Å². The number of benzene rings is 1. The van der Waals surface area contributed by atoms with Gasteiger partial charge in [-0.05, 0) is 43.9 Å². The van der Waals surface area contributed by atoms with E-state index in [0.717, 1.165) is 36.8 Å². The summed E-state index contributed by atoms with van der Waals surface area (Å²) in [5.41, 5.74) is 2.74. The average molecular weight is 346 g/mol. The van der Waals surface area contributed by atoms with Crippen molar-refractivity contribution in [3.63, 3.8) is 0 Å². The Balaban J connectivity index is 1.69. The van der Waals surface area contributed by atoms with E-state index >= 15 is 0 Å². The van der Waals surface area contributed by atoms with Gasteiger partial charge in [-0.1, -0.05) is 31.4 Å².